The van der Waals surface area contributed by atoms with Crippen molar-refractivity contribution in [3.05, 3.63) is 65.7 Å². The van der Waals surface area contributed by atoms with Gasteiger partial charge in [-0.25, -0.2) is 4.79 Å². The van der Waals surface area contributed by atoms with Crippen molar-refractivity contribution in [2.45, 2.75) is 13.3 Å². The summed E-state index contributed by atoms with van der Waals surface area (Å²) in [5, 5.41) is 5.20. The number of nitrogens with one attached hydrogen (secondary N) is 2. The lowest BCUT2D eigenvalue weighted by Gasteiger charge is -2.08. The topological polar surface area (TPSA) is 84.5 Å². The van der Waals surface area contributed by atoms with Crippen molar-refractivity contribution >= 4 is 23.5 Å². The van der Waals surface area contributed by atoms with E-state index >= 15 is 0 Å². The number of carbonyl (C=O) groups is 3. The van der Waals surface area contributed by atoms with Gasteiger partial charge in [-0.15, -0.1) is 0 Å². The van der Waals surface area contributed by atoms with Gasteiger partial charge in [0.2, 0.25) is 11.8 Å². The maximum absolute atomic E-state index is 11.9. The fourth-order valence-electron chi connectivity index (χ4n) is 2.17. The molecule has 6 nitrogen and oxygen atoms in total. The van der Waals surface area contributed by atoms with Gasteiger partial charge in [0.25, 0.3) is 0 Å². The minimum absolute atomic E-state index is 0.144. The molecule has 0 radical (unpaired) electrons. The zero-order chi connectivity index (χ0) is 18.1. The van der Waals surface area contributed by atoms with Gasteiger partial charge in [-0.05, 0) is 30.7 Å². The first-order chi connectivity index (χ1) is 12.1. The molecule has 0 heterocycles. The van der Waals surface area contributed by atoms with Crippen molar-refractivity contribution in [3.63, 3.8) is 0 Å². The van der Waals surface area contributed by atoms with Crippen LogP contribution < -0.4 is 10.6 Å². The Balaban J connectivity index is 1.83. The van der Waals surface area contributed by atoms with Gasteiger partial charge in [0.1, 0.15) is 0 Å². The van der Waals surface area contributed by atoms with E-state index in [0.717, 1.165) is 5.56 Å². The van der Waals surface area contributed by atoms with Gasteiger partial charge in [-0.1, -0.05) is 36.4 Å². The molecule has 0 aliphatic rings. The fourth-order valence-corrected chi connectivity index (χ4v) is 2.17. The summed E-state index contributed by atoms with van der Waals surface area (Å²) in [6, 6.07) is 15.7. The Labute approximate surface area is 146 Å². The fraction of sp³-hybridized carbons (Fsp3) is 0.211. The second-order valence-electron chi connectivity index (χ2n) is 5.29. The van der Waals surface area contributed by atoms with E-state index in [1.165, 1.54) is 6.07 Å². The zero-order valence-electron chi connectivity index (χ0n) is 14.0. The third-order valence-corrected chi connectivity index (χ3v) is 3.31. The summed E-state index contributed by atoms with van der Waals surface area (Å²) in [5.41, 5.74) is 1.70. The summed E-state index contributed by atoms with van der Waals surface area (Å²) < 4.78 is 4.91. The van der Waals surface area contributed by atoms with Gasteiger partial charge in [-0.2, -0.15) is 0 Å². The Morgan fingerprint density at radius 1 is 0.960 bits per heavy atom. The van der Waals surface area contributed by atoms with E-state index < -0.39 is 5.97 Å². The molecule has 0 saturated carbocycles. The quantitative estimate of drug-likeness (QED) is 0.757. The molecule has 2 N–H and O–H groups in total. The van der Waals surface area contributed by atoms with Crippen molar-refractivity contribution in [2.24, 2.45) is 0 Å². The second kappa shape index (κ2) is 9.22. The number of carbonyl (C=O) groups excluding carboxylic acids is 3. The van der Waals surface area contributed by atoms with E-state index in [1.807, 2.05) is 30.3 Å². The number of anilines is 1. The van der Waals surface area contributed by atoms with Crippen molar-refractivity contribution in [1.82, 2.24) is 5.32 Å². The molecule has 0 fully saturated rings. The maximum atomic E-state index is 11.9. The standard InChI is InChI=1S/C19H20N2O4/c1-2-25-19(24)15-9-6-10-16(12-15)21-18(23)13-20-17(22)11-14-7-4-3-5-8-14/h3-10,12H,2,11,13H2,1H3,(H,20,22)(H,21,23). The lowest BCUT2D eigenvalue weighted by Crippen LogP contribution is -2.33. The highest BCUT2D eigenvalue weighted by atomic mass is 16.5. The van der Waals surface area contributed by atoms with Crippen molar-refractivity contribution in [1.29, 1.82) is 0 Å². The molecule has 2 aromatic carbocycles. The number of benzene rings is 2. The molecule has 2 amide bonds. The Kier molecular flexibility index (Phi) is 6.71. The molecule has 6 heteroatoms. The maximum Gasteiger partial charge on any atom is 0.338 e. The molecule has 130 valence electrons. The SMILES string of the molecule is CCOC(=O)c1cccc(NC(=O)CNC(=O)Cc2ccccc2)c1. The van der Waals surface area contributed by atoms with Gasteiger partial charge in [0, 0.05) is 5.69 Å². The summed E-state index contributed by atoms with van der Waals surface area (Å²) in [7, 11) is 0. The van der Waals surface area contributed by atoms with Crippen LogP contribution in [-0.4, -0.2) is 30.9 Å². The number of esters is 1. The predicted molar refractivity (Wildman–Crippen MR) is 94.2 cm³/mol. The minimum atomic E-state index is -0.449. The highest BCUT2D eigenvalue weighted by molar-refractivity contribution is 5.96. The van der Waals surface area contributed by atoms with Crippen LogP contribution in [0.1, 0.15) is 22.8 Å². The van der Waals surface area contributed by atoms with Crippen molar-refractivity contribution in [2.75, 3.05) is 18.5 Å². The highest BCUT2D eigenvalue weighted by Crippen LogP contribution is 2.11. The van der Waals surface area contributed by atoms with Crippen LogP contribution >= 0.6 is 0 Å². The predicted octanol–water partition coefficient (Wildman–Crippen LogP) is 2.16. The largest absolute Gasteiger partial charge is 0.462 e. The lowest BCUT2D eigenvalue weighted by molar-refractivity contribution is -0.123. The molecule has 0 aliphatic heterocycles. The van der Waals surface area contributed by atoms with Gasteiger partial charge in [0.05, 0.1) is 25.1 Å². The smallest absolute Gasteiger partial charge is 0.338 e. The first-order valence-corrected chi connectivity index (χ1v) is 7.96. The summed E-state index contributed by atoms with van der Waals surface area (Å²) in [6.45, 7) is 1.86. The number of ether oxygens (including phenoxy) is 1. The van der Waals surface area contributed by atoms with E-state index in [9.17, 15) is 14.4 Å². The molecule has 0 atom stereocenters. The van der Waals surface area contributed by atoms with Crippen LogP contribution in [-0.2, 0) is 20.7 Å². The third kappa shape index (κ3) is 6.10. The Hall–Kier alpha value is -3.15. The van der Waals surface area contributed by atoms with Crippen LogP contribution in [0.4, 0.5) is 5.69 Å². The summed E-state index contributed by atoms with van der Waals surface area (Å²) in [5.74, 6) is -1.06. The Bertz CT molecular complexity index is 744. The van der Waals surface area contributed by atoms with Crippen LogP contribution in [0.2, 0.25) is 0 Å². The average molecular weight is 340 g/mol. The number of hydrogen-bond donors (Lipinski definition) is 2. The molecule has 2 aromatic rings. The van der Waals surface area contributed by atoms with E-state index in [-0.39, 0.29) is 31.4 Å². The molecule has 0 bridgehead atoms. The molecule has 2 rings (SSSR count). The molecule has 0 aliphatic carbocycles. The highest BCUT2D eigenvalue weighted by Gasteiger charge is 2.10. The molecule has 25 heavy (non-hydrogen) atoms. The van der Waals surface area contributed by atoms with Crippen LogP contribution in [0.3, 0.4) is 0 Å². The van der Waals surface area contributed by atoms with Gasteiger partial charge in [-0.3, -0.25) is 9.59 Å². The van der Waals surface area contributed by atoms with Crippen LogP contribution in [0.15, 0.2) is 54.6 Å². The Morgan fingerprint density at radius 2 is 1.72 bits per heavy atom. The van der Waals surface area contributed by atoms with Crippen LogP contribution in [0, 0.1) is 0 Å². The zero-order valence-corrected chi connectivity index (χ0v) is 14.0. The molecule has 0 spiro atoms. The third-order valence-electron chi connectivity index (χ3n) is 3.31. The average Bonchev–Trinajstić information content (AvgIpc) is 2.61. The second-order valence-corrected chi connectivity index (χ2v) is 5.29. The molecule has 0 unspecified atom stereocenters. The van der Waals surface area contributed by atoms with Crippen LogP contribution in [0.5, 0.6) is 0 Å². The normalized spacial score (nSPS) is 9.96. The van der Waals surface area contributed by atoms with E-state index in [0.29, 0.717) is 11.3 Å². The lowest BCUT2D eigenvalue weighted by atomic mass is 10.1. The van der Waals surface area contributed by atoms with Gasteiger partial charge >= 0.3 is 5.97 Å². The first kappa shape index (κ1) is 18.2. The molecular formula is C19H20N2O4. The van der Waals surface area contributed by atoms with E-state index in [1.54, 1.807) is 25.1 Å². The number of hydrogen-bond acceptors (Lipinski definition) is 4. The van der Waals surface area contributed by atoms with Crippen molar-refractivity contribution in [3.8, 4) is 0 Å². The monoisotopic (exact) mass is 340 g/mol. The van der Waals surface area contributed by atoms with E-state index in [4.69, 9.17) is 4.74 Å². The Morgan fingerprint density at radius 3 is 2.44 bits per heavy atom. The number of amides is 2. The van der Waals surface area contributed by atoms with Crippen molar-refractivity contribution < 1.29 is 19.1 Å². The van der Waals surface area contributed by atoms with Crippen LogP contribution in [0.25, 0.3) is 0 Å². The molecule has 0 aromatic heterocycles. The first-order valence-electron chi connectivity index (χ1n) is 7.96. The van der Waals surface area contributed by atoms with Gasteiger partial charge < -0.3 is 15.4 Å². The summed E-state index contributed by atoms with van der Waals surface area (Å²) >= 11 is 0. The van der Waals surface area contributed by atoms with E-state index in [2.05, 4.69) is 10.6 Å². The molecular weight excluding hydrogens is 320 g/mol. The molecule has 0 saturated heterocycles. The summed E-state index contributed by atoms with van der Waals surface area (Å²) in [4.78, 5) is 35.4. The minimum Gasteiger partial charge on any atom is -0.462 e. The van der Waals surface area contributed by atoms with Gasteiger partial charge in [0.15, 0.2) is 0 Å². The summed E-state index contributed by atoms with van der Waals surface area (Å²) in [6.07, 6.45) is 0.215. The number of rotatable bonds is 7.